The van der Waals surface area contributed by atoms with Crippen molar-refractivity contribution in [3.63, 3.8) is 0 Å². The number of benzene rings is 2. The molecule has 0 spiro atoms. The molecule has 102 valence electrons. The number of aromatic hydroxyl groups is 2. The van der Waals surface area contributed by atoms with Gasteiger partial charge in [0.05, 0.1) is 0 Å². The van der Waals surface area contributed by atoms with E-state index in [1.54, 1.807) is 24.3 Å². The van der Waals surface area contributed by atoms with Gasteiger partial charge in [-0.15, -0.1) is 12.4 Å². The second-order valence-corrected chi connectivity index (χ2v) is 8.72. The maximum absolute atomic E-state index is 9.32. The summed E-state index contributed by atoms with van der Waals surface area (Å²) in [6.07, 6.45) is 0. The fourth-order valence-corrected chi connectivity index (χ4v) is 5.80. The van der Waals surface area contributed by atoms with E-state index in [9.17, 15) is 10.2 Å². The third-order valence-corrected chi connectivity index (χ3v) is 7.82. The van der Waals surface area contributed by atoms with E-state index < -0.39 is 13.7 Å². The summed E-state index contributed by atoms with van der Waals surface area (Å²) in [5, 5.41) is 18.6. The zero-order valence-electron chi connectivity index (χ0n) is 9.75. The molecule has 0 saturated heterocycles. The van der Waals surface area contributed by atoms with Crippen molar-refractivity contribution in [1.82, 2.24) is 0 Å². The van der Waals surface area contributed by atoms with Crippen LogP contribution in [0, 0.1) is 0 Å². The number of halogens is 2. The number of hydrogen-bond acceptors (Lipinski definition) is 4. The summed E-state index contributed by atoms with van der Waals surface area (Å²) in [7, 11) is 6.47. The Morgan fingerprint density at radius 2 is 1.21 bits per heavy atom. The van der Waals surface area contributed by atoms with Crippen molar-refractivity contribution < 1.29 is 10.2 Å². The molecule has 0 saturated carbocycles. The second kappa shape index (κ2) is 6.29. The Bertz CT molecular complexity index is 544. The van der Waals surface area contributed by atoms with Crippen molar-refractivity contribution >= 4 is 56.1 Å². The van der Waals surface area contributed by atoms with Gasteiger partial charge in [-0.05, 0) is 0 Å². The number of rotatable bonds is 2. The van der Waals surface area contributed by atoms with Gasteiger partial charge in [0.15, 0.2) is 0 Å². The SMILES string of the molecule is Cl.Nc1cc(O)ccc1[As](Cl)c1ccc(O)cc1N. The minimum atomic E-state index is -2.11. The van der Waals surface area contributed by atoms with Gasteiger partial charge in [-0.1, -0.05) is 0 Å². The molecule has 2 aromatic carbocycles. The van der Waals surface area contributed by atoms with E-state index >= 15 is 0 Å². The number of phenols is 2. The molecular weight excluding hydrogens is 350 g/mol. The van der Waals surface area contributed by atoms with E-state index in [0.29, 0.717) is 11.4 Å². The first-order valence-corrected chi connectivity index (χ1v) is 9.46. The average Bonchev–Trinajstić information content (AvgIpc) is 2.28. The van der Waals surface area contributed by atoms with Gasteiger partial charge in [0.1, 0.15) is 0 Å². The third-order valence-electron chi connectivity index (χ3n) is 2.45. The molecule has 0 radical (unpaired) electrons. The molecule has 0 fully saturated rings. The summed E-state index contributed by atoms with van der Waals surface area (Å²) in [6.45, 7) is 0. The normalized spacial score (nSPS) is 10.2. The summed E-state index contributed by atoms with van der Waals surface area (Å²) in [6, 6.07) is 9.46. The van der Waals surface area contributed by atoms with Gasteiger partial charge in [0.2, 0.25) is 0 Å². The Kier molecular flexibility index (Phi) is 5.24. The van der Waals surface area contributed by atoms with Crippen LogP contribution in [-0.4, -0.2) is 23.9 Å². The predicted octanol–water partition coefficient (Wildman–Crippen LogP) is 1.03. The van der Waals surface area contributed by atoms with Crippen LogP contribution in [0.15, 0.2) is 36.4 Å². The van der Waals surface area contributed by atoms with Gasteiger partial charge in [0.25, 0.3) is 0 Å². The average molecular weight is 363 g/mol. The van der Waals surface area contributed by atoms with Crippen LogP contribution in [0.5, 0.6) is 11.5 Å². The van der Waals surface area contributed by atoms with Crippen LogP contribution < -0.4 is 20.2 Å². The zero-order valence-corrected chi connectivity index (χ0v) is 13.2. The molecule has 0 amide bonds. The number of phenolic OH excluding ortho intramolecular Hbond substituents is 2. The van der Waals surface area contributed by atoms with Crippen LogP contribution in [0.4, 0.5) is 11.4 Å². The van der Waals surface area contributed by atoms with Gasteiger partial charge in [0, 0.05) is 0 Å². The van der Waals surface area contributed by atoms with E-state index in [2.05, 4.69) is 0 Å². The summed E-state index contributed by atoms with van der Waals surface area (Å²) in [5.74, 6) is 0.211. The van der Waals surface area contributed by atoms with Crippen LogP contribution in [0.25, 0.3) is 0 Å². The summed E-state index contributed by atoms with van der Waals surface area (Å²) >= 11 is -2.11. The summed E-state index contributed by atoms with van der Waals surface area (Å²) in [5.41, 5.74) is 12.6. The van der Waals surface area contributed by atoms with Crippen LogP contribution in [0.1, 0.15) is 0 Å². The van der Waals surface area contributed by atoms with Gasteiger partial charge in [-0.2, -0.15) is 0 Å². The van der Waals surface area contributed by atoms with Crippen molar-refractivity contribution in [1.29, 1.82) is 0 Å². The van der Waals surface area contributed by atoms with E-state index in [4.69, 9.17) is 21.4 Å². The Labute approximate surface area is 125 Å². The molecule has 6 N–H and O–H groups in total. The molecule has 0 bridgehead atoms. The summed E-state index contributed by atoms with van der Waals surface area (Å²) in [4.78, 5) is 0. The maximum atomic E-state index is 9.32. The predicted molar refractivity (Wildman–Crippen MR) is 83.2 cm³/mol. The van der Waals surface area contributed by atoms with Crippen LogP contribution in [0.2, 0.25) is 0 Å². The molecule has 0 unspecified atom stereocenters. The number of hydrogen-bond donors (Lipinski definition) is 4. The van der Waals surface area contributed by atoms with Crippen molar-refractivity contribution in [2.24, 2.45) is 0 Å². The number of nitrogen functional groups attached to an aromatic ring is 2. The molecular formula is C12H13AsCl2N2O2. The fourth-order valence-electron chi connectivity index (χ4n) is 1.57. The van der Waals surface area contributed by atoms with E-state index in [0.717, 1.165) is 8.70 Å². The molecule has 0 aliphatic rings. The third kappa shape index (κ3) is 3.41. The van der Waals surface area contributed by atoms with Crippen molar-refractivity contribution in [2.75, 3.05) is 11.5 Å². The molecule has 19 heavy (non-hydrogen) atoms. The molecule has 0 aliphatic heterocycles. The molecule has 2 rings (SSSR count). The van der Waals surface area contributed by atoms with Gasteiger partial charge >= 0.3 is 113 Å². The van der Waals surface area contributed by atoms with E-state index in [1.807, 2.05) is 0 Å². The summed E-state index contributed by atoms with van der Waals surface area (Å²) < 4.78 is 1.61. The fraction of sp³-hybridized carbons (Fsp3) is 0. The van der Waals surface area contributed by atoms with Crippen molar-refractivity contribution in [2.45, 2.75) is 0 Å². The molecule has 0 aliphatic carbocycles. The molecule has 0 atom stereocenters. The van der Waals surface area contributed by atoms with Gasteiger partial charge in [-0.3, -0.25) is 0 Å². The molecule has 4 nitrogen and oxygen atoms in total. The number of nitrogens with two attached hydrogens (primary N) is 2. The molecule has 7 heteroatoms. The van der Waals surface area contributed by atoms with Gasteiger partial charge in [-0.25, -0.2) is 0 Å². The standard InChI is InChI=1S/C12H12AsClN2O2.ClH/c14-13(9-3-1-7(17)5-11(9)15)10-4-2-8(18)6-12(10)16;/h1-6,17-18H,15-16H2;1H. The Hall–Kier alpha value is -1.22. The monoisotopic (exact) mass is 362 g/mol. The van der Waals surface area contributed by atoms with E-state index in [1.165, 1.54) is 12.1 Å². The quantitative estimate of drug-likeness (QED) is 0.474. The Morgan fingerprint density at radius 3 is 1.53 bits per heavy atom. The first-order chi connectivity index (χ1) is 8.49. The minimum absolute atomic E-state index is 0. The zero-order chi connectivity index (χ0) is 13.3. The van der Waals surface area contributed by atoms with E-state index in [-0.39, 0.29) is 23.9 Å². The number of anilines is 2. The van der Waals surface area contributed by atoms with Crippen molar-refractivity contribution in [3.8, 4) is 11.5 Å². The Morgan fingerprint density at radius 1 is 0.842 bits per heavy atom. The first kappa shape index (κ1) is 15.8. The second-order valence-electron chi connectivity index (χ2n) is 3.77. The topological polar surface area (TPSA) is 92.5 Å². The molecule has 0 aromatic heterocycles. The van der Waals surface area contributed by atoms with Gasteiger partial charge < -0.3 is 0 Å². The Balaban J connectivity index is 0.00000180. The molecule has 0 heterocycles. The van der Waals surface area contributed by atoms with Crippen molar-refractivity contribution in [3.05, 3.63) is 36.4 Å². The first-order valence-electron chi connectivity index (χ1n) is 5.12. The van der Waals surface area contributed by atoms with Crippen LogP contribution in [-0.2, 0) is 0 Å². The molecule has 2 aromatic rings. The van der Waals surface area contributed by atoms with Crippen LogP contribution in [0.3, 0.4) is 0 Å². The van der Waals surface area contributed by atoms with Crippen LogP contribution >= 0.6 is 22.4 Å².